The Balaban J connectivity index is 2.01. The Kier molecular flexibility index (Phi) is 4.96. The topological polar surface area (TPSA) is 86.6 Å². The number of carboxylic acids is 1. The second kappa shape index (κ2) is 6.72. The molecule has 0 bridgehead atoms. The Hall–Kier alpha value is -1.88. The van der Waals surface area contributed by atoms with Crippen LogP contribution in [0.15, 0.2) is 30.3 Å². The summed E-state index contributed by atoms with van der Waals surface area (Å²) >= 11 is 0. The van der Waals surface area contributed by atoms with Crippen LogP contribution in [0, 0.1) is 5.41 Å². The molecule has 21 heavy (non-hydrogen) atoms. The van der Waals surface area contributed by atoms with Gasteiger partial charge in [0.15, 0.2) is 0 Å². The maximum absolute atomic E-state index is 12.2. The van der Waals surface area contributed by atoms with Crippen LogP contribution in [0.5, 0.6) is 0 Å². The Morgan fingerprint density at radius 1 is 1.19 bits per heavy atom. The first-order valence-corrected chi connectivity index (χ1v) is 7.26. The molecule has 1 amide bonds. The molecule has 0 unspecified atom stereocenters. The number of aliphatic hydroxyl groups excluding tert-OH is 1. The van der Waals surface area contributed by atoms with Crippen molar-refractivity contribution in [3.05, 3.63) is 35.9 Å². The summed E-state index contributed by atoms with van der Waals surface area (Å²) in [5.41, 5.74) is -0.120. The van der Waals surface area contributed by atoms with Gasteiger partial charge in [-0.15, -0.1) is 0 Å². The molecule has 1 aliphatic carbocycles. The van der Waals surface area contributed by atoms with Gasteiger partial charge >= 0.3 is 5.97 Å². The van der Waals surface area contributed by atoms with Crippen molar-refractivity contribution in [2.75, 3.05) is 6.61 Å². The molecule has 0 spiro atoms. The van der Waals surface area contributed by atoms with Crippen LogP contribution in [0.2, 0.25) is 0 Å². The summed E-state index contributed by atoms with van der Waals surface area (Å²) in [7, 11) is 0. The van der Waals surface area contributed by atoms with Crippen molar-refractivity contribution in [2.45, 2.75) is 38.1 Å². The summed E-state index contributed by atoms with van der Waals surface area (Å²) in [5.74, 6) is -1.21. The summed E-state index contributed by atoms with van der Waals surface area (Å²) in [6.45, 7) is -0.212. The average Bonchev–Trinajstić information content (AvgIpc) is 2.95. The monoisotopic (exact) mass is 291 g/mol. The molecule has 5 heteroatoms. The second-order valence-corrected chi connectivity index (χ2v) is 5.68. The van der Waals surface area contributed by atoms with E-state index in [4.69, 9.17) is 0 Å². The third kappa shape index (κ3) is 3.61. The average molecular weight is 291 g/mol. The van der Waals surface area contributed by atoms with Crippen LogP contribution in [0.3, 0.4) is 0 Å². The van der Waals surface area contributed by atoms with Gasteiger partial charge in [0.05, 0.1) is 18.1 Å². The van der Waals surface area contributed by atoms with Gasteiger partial charge in [-0.25, -0.2) is 0 Å². The molecule has 0 radical (unpaired) electrons. The fourth-order valence-electron chi connectivity index (χ4n) is 2.99. The number of hydrogen-bond acceptors (Lipinski definition) is 3. The summed E-state index contributed by atoms with van der Waals surface area (Å²) in [6, 6.07) is 8.68. The highest BCUT2D eigenvalue weighted by atomic mass is 16.4. The van der Waals surface area contributed by atoms with Gasteiger partial charge in [0.2, 0.25) is 5.91 Å². The highest BCUT2D eigenvalue weighted by Crippen LogP contribution is 2.41. The molecule has 1 aliphatic rings. The smallest absolute Gasteiger partial charge is 0.310 e. The predicted molar refractivity (Wildman–Crippen MR) is 77.6 cm³/mol. The number of hydrogen-bond donors (Lipinski definition) is 3. The molecule has 1 fully saturated rings. The van der Waals surface area contributed by atoms with E-state index in [1.54, 1.807) is 0 Å². The normalized spacial score (nSPS) is 18.1. The largest absolute Gasteiger partial charge is 0.481 e. The maximum atomic E-state index is 12.2. The fraction of sp³-hybridized carbons (Fsp3) is 0.500. The highest BCUT2D eigenvalue weighted by molar-refractivity contribution is 5.85. The highest BCUT2D eigenvalue weighted by Gasteiger charge is 2.43. The van der Waals surface area contributed by atoms with Crippen molar-refractivity contribution in [2.24, 2.45) is 5.41 Å². The number of benzene rings is 1. The van der Waals surface area contributed by atoms with E-state index in [2.05, 4.69) is 5.32 Å². The number of aliphatic hydroxyl groups is 1. The number of amides is 1. The molecule has 1 saturated carbocycles. The summed E-state index contributed by atoms with van der Waals surface area (Å²) in [6.07, 6.45) is 2.77. The molecule has 1 aromatic carbocycles. The summed E-state index contributed by atoms with van der Waals surface area (Å²) in [5, 5.41) is 21.6. The van der Waals surface area contributed by atoms with E-state index in [0.29, 0.717) is 12.8 Å². The van der Waals surface area contributed by atoms with Crippen molar-refractivity contribution in [3.8, 4) is 0 Å². The van der Waals surface area contributed by atoms with Gasteiger partial charge in [0.25, 0.3) is 0 Å². The first-order valence-electron chi connectivity index (χ1n) is 7.26. The number of carboxylic acid groups (broad SMARTS) is 1. The van der Waals surface area contributed by atoms with Gasteiger partial charge in [-0.3, -0.25) is 9.59 Å². The standard InChI is InChI=1S/C16H21NO4/c18-11-13(12-6-2-1-3-7-12)17-14(19)10-16(15(20)21)8-4-5-9-16/h1-3,6-7,13,18H,4-5,8-11H2,(H,17,19)(H,20,21)/t13-/m1/s1. The van der Waals surface area contributed by atoms with Gasteiger partial charge in [0, 0.05) is 6.42 Å². The Morgan fingerprint density at radius 3 is 2.33 bits per heavy atom. The Bertz CT molecular complexity index is 494. The van der Waals surface area contributed by atoms with Crippen LogP contribution in [-0.4, -0.2) is 28.7 Å². The van der Waals surface area contributed by atoms with Crippen molar-refractivity contribution < 1.29 is 19.8 Å². The molecule has 0 saturated heterocycles. The van der Waals surface area contributed by atoms with Crippen LogP contribution in [0.4, 0.5) is 0 Å². The van der Waals surface area contributed by atoms with Gasteiger partial charge in [-0.1, -0.05) is 43.2 Å². The SMILES string of the molecule is O=C(CC1(C(=O)O)CCCC1)N[C@H](CO)c1ccccc1. The van der Waals surface area contributed by atoms with E-state index in [-0.39, 0.29) is 18.9 Å². The third-order valence-corrected chi connectivity index (χ3v) is 4.23. The Morgan fingerprint density at radius 2 is 1.81 bits per heavy atom. The molecular weight excluding hydrogens is 270 g/mol. The second-order valence-electron chi connectivity index (χ2n) is 5.68. The molecule has 3 N–H and O–H groups in total. The maximum Gasteiger partial charge on any atom is 0.310 e. The predicted octanol–water partition coefficient (Wildman–Crippen LogP) is 1.87. The molecule has 2 rings (SSSR count). The van der Waals surface area contributed by atoms with Crippen LogP contribution in [-0.2, 0) is 9.59 Å². The number of carbonyl (C=O) groups excluding carboxylic acids is 1. The molecular formula is C16H21NO4. The van der Waals surface area contributed by atoms with Crippen molar-refractivity contribution >= 4 is 11.9 Å². The van der Waals surface area contributed by atoms with Crippen LogP contribution >= 0.6 is 0 Å². The summed E-state index contributed by atoms with van der Waals surface area (Å²) < 4.78 is 0. The van der Waals surface area contributed by atoms with E-state index >= 15 is 0 Å². The van der Waals surface area contributed by atoms with Crippen molar-refractivity contribution in [1.29, 1.82) is 0 Å². The Labute approximate surface area is 124 Å². The zero-order valence-corrected chi connectivity index (χ0v) is 11.9. The fourth-order valence-corrected chi connectivity index (χ4v) is 2.99. The van der Waals surface area contributed by atoms with Gasteiger partial charge < -0.3 is 15.5 Å². The van der Waals surface area contributed by atoms with Crippen LogP contribution in [0.1, 0.15) is 43.7 Å². The molecule has 114 valence electrons. The molecule has 0 aliphatic heterocycles. The van der Waals surface area contributed by atoms with Gasteiger partial charge in [-0.2, -0.15) is 0 Å². The minimum absolute atomic E-state index is 0.0222. The van der Waals surface area contributed by atoms with Crippen LogP contribution < -0.4 is 5.32 Å². The number of rotatable bonds is 6. The summed E-state index contributed by atoms with van der Waals surface area (Å²) in [4.78, 5) is 23.6. The van der Waals surface area contributed by atoms with E-state index in [1.165, 1.54) is 0 Å². The van der Waals surface area contributed by atoms with E-state index in [1.807, 2.05) is 30.3 Å². The molecule has 5 nitrogen and oxygen atoms in total. The van der Waals surface area contributed by atoms with Crippen molar-refractivity contribution in [1.82, 2.24) is 5.32 Å². The van der Waals surface area contributed by atoms with Crippen LogP contribution in [0.25, 0.3) is 0 Å². The zero-order chi connectivity index (χ0) is 15.3. The quantitative estimate of drug-likeness (QED) is 0.747. The van der Waals surface area contributed by atoms with Gasteiger partial charge in [-0.05, 0) is 18.4 Å². The van der Waals surface area contributed by atoms with Gasteiger partial charge in [0.1, 0.15) is 0 Å². The molecule has 1 atom stereocenters. The first-order chi connectivity index (χ1) is 10.1. The van der Waals surface area contributed by atoms with E-state index in [9.17, 15) is 19.8 Å². The third-order valence-electron chi connectivity index (χ3n) is 4.23. The molecule has 0 aromatic heterocycles. The zero-order valence-electron chi connectivity index (χ0n) is 11.9. The van der Waals surface area contributed by atoms with E-state index < -0.39 is 17.4 Å². The number of aliphatic carboxylic acids is 1. The number of nitrogens with one attached hydrogen (secondary N) is 1. The number of carbonyl (C=O) groups is 2. The molecule has 0 heterocycles. The minimum Gasteiger partial charge on any atom is -0.481 e. The lowest BCUT2D eigenvalue weighted by Crippen LogP contribution is -2.38. The van der Waals surface area contributed by atoms with E-state index in [0.717, 1.165) is 18.4 Å². The lowest BCUT2D eigenvalue weighted by atomic mass is 9.82. The first kappa shape index (κ1) is 15.5. The van der Waals surface area contributed by atoms with Crippen molar-refractivity contribution in [3.63, 3.8) is 0 Å². The lowest BCUT2D eigenvalue weighted by molar-refractivity contribution is -0.151. The minimum atomic E-state index is -0.930. The lowest BCUT2D eigenvalue weighted by Gasteiger charge is -2.24. The molecule has 1 aromatic rings.